The van der Waals surface area contributed by atoms with Crippen LogP contribution >= 0.6 is 31.9 Å². The molecule has 1 rings (SSSR count). The summed E-state index contributed by atoms with van der Waals surface area (Å²) in [6.07, 6.45) is 0. The fraction of sp³-hybridized carbons (Fsp3) is 0.500. The standard InChI is InChI=1S/C4H3Br2NO2/c5-1-2(6)4(9)7-3(1)8/h1-2H,(H,7,8,9)/t1-,2+. The Bertz CT molecular complexity index is 152. The van der Waals surface area contributed by atoms with Crippen molar-refractivity contribution >= 4 is 43.7 Å². The summed E-state index contributed by atoms with van der Waals surface area (Å²) >= 11 is 6.06. The lowest BCUT2D eigenvalue weighted by molar-refractivity contribution is -0.124. The summed E-state index contributed by atoms with van der Waals surface area (Å²) in [6, 6.07) is 0. The van der Waals surface area contributed by atoms with Crippen LogP contribution in [0.15, 0.2) is 0 Å². The summed E-state index contributed by atoms with van der Waals surface area (Å²) in [6.45, 7) is 0. The van der Waals surface area contributed by atoms with Crippen molar-refractivity contribution in [1.29, 1.82) is 0 Å². The average Bonchev–Trinajstić information content (AvgIpc) is 1.98. The second-order valence-corrected chi connectivity index (χ2v) is 3.63. The van der Waals surface area contributed by atoms with E-state index in [1.165, 1.54) is 0 Å². The normalized spacial score (nSPS) is 34.9. The van der Waals surface area contributed by atoms with Crippen LogP contribution in [0.1, 0.15) is 0 Å². The van der Waals surface area contributed by atoms with E-state index < -0.39 is 9.65 Å². The molecule has 0 aromatic rings. The van der Waals surface area contributed by atoms with Crippen LogP contribution < -0.4 is 5.32 Å². The molecule has 2 atom stereocenters. The third kappa shape index (κ3) is 1.16. The van der Waals surface area contributed by atoms with Crippen LogP contribution in [0.25, 0.3) is 0 Å². The van der Waals surface area contributed by atoms with Crippen molar-refractivity contribution in [2.75, 3.05) is 0 Å². The molecule has 0 bridgehead atoms. The van der Waals surface area contributed by atoms with E-state index in [-0.39, 0.29) is 11.8 Å². The third-order valence-electron chi connectivity index (χ3n) is 1.00. The summed E-state index contributed by atoms with van der Waals surface area (Å²) in [5.41, 5.74) is 0. The largest absolute Gasteiger partial charge is 0.294 e. The van der Waals surface area contributed by atoms with Gasteiger partial charge in [0, 0.05) is 0 Å². The number of halogens is 2. The van der Waals surface area contributed by atoms with Crippen molar-refractivity contribution < 1.29 is 9.59 Å². The molecule has 0 aliphatic carbocycles. The van der Waals surface area contributed by atoms with E-state index in [1.54, 1.807) is 0 Å². The molecule has 0 unspecified atom stereocenters. The van der Waals surface area contributed by atoms with E-state index in [0.717, 1.165) is 0 Å². The van der Waals surface area contributed by atoms with Gasteiger partial charge in [0.1, 0.15) is 9.65 Å². The highest BCUT2D eigenvalue weighted by atomic mass is 79.9. The van der Waals surface area contributed by atoms with Crippen molar-refractivity contribution in [3.8, 4) is 0 Å². The Morgan fingerprint density at radius 1 is 1.11 bits per heavy atom. The summed E-state index contributed by atoms with van der Waals surface area (Å²) in [4.78, 5) is 20.3. The molecule has 1 heterocycles. The Kier molecular flexibility index (Phi) is 1.91. The van der Waals surface area contributed by atoms with Gasteiger partial charge in [0.15, 0.2) is 0 Å². The molecule has 0 radical (unpaired) electrons. The van der Waals surface area contributed by atoms with E-state index in [4.69, 9.17) is 0 Å². The number of rotatable bonds is 0. The summed E-state index contributed by atoms with van der Waals surface area (Å²) in [5.74, 6) is -0.552. The van der Waals surface area contributed by atoms with Crippen LogP contribution in [-0.2, 0) is 9.59 Å². The smallest absolute Gasteiger partial charge is 0.242 e. The highest BCUT2D eigenvalue weighted by Crippen LogP contribution is 2.19. The van der Waals surface area contributed by atoms with Gasteiger partial charge in [-0.25, -0.2) is 0 Å². The number of alkyl halides is 2. The van der Waals surface area contributed by atoms with Gasteiger partial charge in [-0.3, -0.25) is 14.9 Å². The zero-order valence-corrected chi connectivity index (χ0v) is 7.40. The molecule has 1 fully saturated rings. The van der Waals surface area contributed by atoms with Crippen LogP contribution in [0.2, 0.25) is 0 Å². The Hall–Kier alpha value is 0.1000. The van der Waals surface area contributed by atoms with Crippen LogP contribution in [0.3, 0.4) is 0 Å². The third-order valence-corrected chi connectivity index (χ3v) is 3.60. The van der Waals surface area contributed by atoms with Crippen LogP contribution in [0.5, 0.6) is 0 Å². The molecule has 1 aliphatic rings. The Balaban J connectivity index is 2.77. The van der Waals surface area contributed by atoms with Gasteiger partial charge in [0.2, 0.25) is 11.8 Å². The van der Waals surface area contributed by atoms with Crippen molar-refractivity contribution in [3.05, 3.63) is 0 Å². The first-order chi connectivity index (χ1) is 4.13. The molecule has 9 heavy (non-hydrogen) atoms. The molecule has 1 aliphatic heterocycles. The monoisotopic (exact) mass is 255 g/mol. The van der Waals surface area contributed by atoms with Gasteiger partial charge in [-0.1, -0.05) is 31.9 Å². The lowest BCUT2D eigenvalue weighted by Crippen LogP contribution is -2.22. The van der Waals surface area contributed by atoms with Crippen molar-refractivity contribution in [2.24, 2.45) is 0 Å². The number of carbonyl (C=O) groups is 2. The van der Waals surface area contributed by atoms with E-state index in [2.05, 4.69) is 37.2 Å². The Morgan fingerprint density at radius 3 is 1.56 bits per heavy atom. The molecule has 5 heteroatoms. The number of carbonyl (C=O) groups excluding carboxylic acids is 2. The van der Waals surface area contributed by atoms with Gasteiger partial charge < -0.3 is 0 Å². The molecular formula is C4H3Br2NO2. The number of nitrogens with one attached hydrogen (secondary N) is 1. The first-order valence-electron chi connectivity index (χ1n) is 2.26. The predicted molar refractivity (Wildman–Crippen MR) is 38.6 cm³/mol. The van der Waals surface area contributed by atoms with E-state index in [1.807, 2.05) is 0 Å². The lowest BCUT2D eigenvalue weighted by Gasteiger charge is -1.95. The molecule has 0 aromatic heterocycles. The maximum atomic E-state index is 10.6. The van der Waals surface area contributed by atoms with E-state index >= 15 is 0 Å². The minimum Gasteiger partial charge on any atom is -0.294 e. The minimum absolute atomic E-state index is 0.276. The summed E-state index contributed by atoms with van der Waals surface area (Å²) < 4.78 is 0. The highest BCUT2D eigenvalue weighted by Gasteiger charge is 2.37. The van der Waals surface area contributed by atoms with Gasteiger partial charge in [0.05, 0.1) is 0 Å². The number of amides is 2. The first-order valence-corrected chi connectivity index (χ1v) is 4.09. The van der Waals surface area contributed by atoms with Crippen molar-refractivity contribution in [2.45, 2.75) is 9.65 Å². The topological polar surface area (TPSA) is 46.2 Å². The maximum absolute atomic E-state index is 10.6. The van der Waals surface area contributed by atoms with Crippen LogP contribution in [-0.4, -0.2) is 21.5 Å². The first kappa shape index (κ1) is 7.21. The van der Waals surface area contributed by atoms with Crippen LogP contribution in [0.4, 0.5) is 0 Å². The Labute approximate surface area is 68.4 Å². The molecule has 50 valence electrons. The number of hydrogen-bond donors (Lipinski definition) is 1. The second kappa shape index (κ2) is 2.38. The fourth-order valence-corrected chi connectivity index (χ4v) is 1.23. The van der Waals surface area contributed by atoms with Crippen molar-refractivity contribution in [1.82, 2.24) is 5.32 Å². The van der Waals surface area contributed by atoms with Gasteiger partial charge in [-0.05, 0) is 0 Å². The second-order valence-electron chi connectivity index (χ2n) is 1.66. The van der Waals surface area contributed by atoms with E-state index in [9.17, 15) is 9.59 Å². The quantitative estimate of drug-likeness (QED) is 0.496. The molecule has 1 saturated heterocycles. The molecule has 2 amide bonds. The van der Waals surface area contributed by atoms with Gasteiger partial charge in [0.25, 0.3) is 0 Å². The average molecular weight is 257 g/mol. The zero-order valence-electron chi connectivity index (χ0n) is 4.23. The van der Waals surface area contributed by atoms with Crippen LogP contribution in [0, 0.1) is 0 Å². The van der Waals surface area contributed by atoms with E-state index in [0.29, 0.717) is 0 Å². The maximum Gasteiger partial charge on any atom is 0.242 e. The fourth-order valence-electron chi connectivity index (χ4n) is 0.525. The van der Waals surface area contributed by atoms with Crippen molar-refractivity contribution in [3.63, 3.8) is 0 Å². The highest BCUT2D eigenvalue weighted by molar-refractivity contribution is 9.12. The van der Waals surface area contributed by atoms with Gasteiger partial charge >= 0.3 is 0 Å². The summed E-state index contributed by atoms with van der Waals surface area (Å²) in [7, 11) is 0. The number of hydrogen-bond acceptors (Lipinski definition) is 2. The Morgan fingerprint density at radius 2 is 1.44 bits per heavy atom. The molecule has 3 nitrogen and oxygen atoms in total. The lowest BCUT2D eigenvalue weighted by atomic mass is 10.4. The molecule has 0 spiro atoms. The molecular weight excluding hydrogens is 254 g/mol. The molecule has 0 aromatic carbocycles. The number of imide groups is 1. The van der Waals surface area contributed by atoms with Gasteiger partial charge in [-0.15, -0.1) is 0 Å². The summed E-state index contributed by atoms with van der Waals surface area (Å²) in [5, 5.41) is 2.14. The minimum atomic E-state index is -0.412. The SMILES string of the molecule is O=C1NC(=O)[C@H](Br)[C@@H]1Br. The zero-order chi connectivity index (χ0) is 7.02. The predicted octanol–water partition coefficient (Wildman–Crippen LogP) is 0.170. The van der Waals surface area contributed by atoms with Gasteiger partial charge in [-0.2, -0.15) is 0 Å². The molecule has 0 saturated carbocycles. The molecule has 1 N–H and O–H groups in total.